The smallest absolute Gasteiger partial charge is 0.309 e. The molecule has 1 unspecified atom stereocenters. The normalized spacial score (nSPS) is 23.2. The molecule has 0 amide bonds. The fourth-order valence-corrected chi connectivity index (χ4v) is 2.84. The lowest BCUT2D eigenvalue weighted by Crippen LogP contribution is -2.38. The van der Waals surface area contributed by atoms with Crippen molar-refractivity contribution in [3.63, 3.8) is 0 Å². The standard InChI is InChI=1S/C15H21N3O3/c19-14(21-11-13-3-1-10-20-13)12-4-8-18(9-5-12)15-16-6-2-7-17-15/h2,6-7,12-13H,1,3-5,8-11H2. The van der Waals surface area contributed by atoms with E-state index in [1.165, 1.54) is 0 Å². The van der Waals surface area contributed by atoms with Crippen LogP contribution in [0.2, 0.25) is 0 Å². The number of carbonyl (C=O) groups is 1. The molecule has 0 saturated carbocycles. The number of ether oxygens (including phenoxy) is 2. The van der Waals surface area contributed by atoms with Crippen LogP contribution < -0.4 is 4.90 Å². The highest BCUT2D eigenvalue weighted by Gasteiger charge is 2.28. The van der Waals surface area contributed by atoms with E-state index >= 15 is 0 Å². The van der Waals surface area contributed by atoms with Crippen molar-refractivity contribution in [2.45, 2.75) is 31.8 Å². The predicted octanol–water partition coefficient (Wildman–Crippen LogP) is 1.42. The van der Waals surface area contributed by atoms with E-state index in [-0.39, 0.29) is 18.0 Å². The molecule has 2 aliphatic heterocycles. The van der Waals surface area contributed by atoms with Crippen molar-refractivity contribution in [2.24, 2.45) is 5.92 Å². The first-order valence-corrected chi connectivity index (χ1v) is 7.63. The molecule has 6 heteroatoms. The van der Waals surface area contributed by atoms with Gasteiger partial charge in [0, 0.05) is 32.1 Å². The highest BCUT2D eigenvalue weighted by molar-refractivity contribution is 5.72. The van der Waals surface area contributed by atoms with Crippen molar-refractivity contribution in [1.82, 2.24) is 9.97 Å². The molecule has 0 bridgehead atoms. The monoisotopic (exact) mass is 291 g/mol. The first-order chi connectivity index (χ1) is 10.3. The molecule has 0 N–H and O–H groups in total. The van der Waals surface area contributed by atoms with Gasteiger partial charge in [0.15, 0.2) is 0 Å². The number of nitrogens with zero attached hydrogens (tertiary/aromatic N) is 3. The zero-order valence-electron chi connectivity index (χ0n) is 12.1. The fourth-order valence-electron chi connectivity index (χ4n) is 2.84. The quantitative estimate of drug-likeness (QED) is 0.782. The van der Waals surface area contributed by atoms with E-state index < -0.39 is 0 Å². The van der Waals surface area contributed by atoms with Gasteiger partial charge in [0.2, 0.25) is 5.95 Å². The molecular weight excluding hydrogens is 270 g/mol. The molecule has 6 nitrogen and oxygen atoms in total. The summed E-state index contributed by atoms with van der Waals surface area (Å²) in [6, 6.07) is 1.80. The second kappa shape index (κ2) is 6.85. The number of esters is 1. The van der Waals surface area contributed by atoms with Crippen LogP contribution in [0.3, 0.4) is 0 Å². The molecule has 3 heterocycles. The van der Waals surface area contributed by atoms with Crippen molar-refractivity contribution < 1.29 is 14.3 Å². The van der Waals surface area contributed by atoms with Gasteiger partial charge in [0.05, 0.1) is 12.0 Å². The maximum Gasteiger partial charge on any atom is 0.309 e. The van der Waals surface area contributed by atoms with Crippen LogP contribution in [0.1, 0.15) is 25.7 Å². The summed E-state index contributed by atoms with van der Waals surface area (Å²) < 4.78 is 10.9. The SMILES string of the molecule is O=C(OCC1CCCO1)C1CCN(c2ncccn2)CC1. The first kappa shape index (κ1) is 14.3. The molecule has 1 aromatic rings. The summed E-state index contributed by atoms with van der Waals surface area (Å²) >= 11 is 0. The highest BCUT2D eigenvalue weighted by atomic mass is 16.6. The number of carbonyl (C=O) groups excluding carboxylic acids is 1. The molecule has 0 aromatic carbocycles. The Bertz CT molecular complexity index is 454. The minimum absolute atomic E-state index is 0.00800. The highest BCUT2D eigenvalue weighted by Crippen LogP contribution is 2.22. The van der Waals surface area contributed by atoms with Crippen molar-refractivity contribution in [2.75, 3.05) is 31.2 Å². The number of anilines is 1. The van der Waals surface area contributed by atoms with Gasteiger partial charge >= 0.3 is 5.97 Å². The van der Waals surface area contributed by atoms with Crippen LogP contribution >= 0.6 is 0 Å². The van der Waals surface area contributed by atoms with E-state index in [4.69, 9.17) is 9.47 Å². The Morgan fingerprint density at radius 3 is 2.71 bits per heavy atom. The summed E-state index contributed by atoms with van der Waals surface area (Å²) in [6.07, 6.45) is 7.24. The average molecular weight is 291 g/mol. The van der Waals surface area contributed by atoms with E-state index in [0.717, 1.165) is 51.3 Å². The lowest BCUT2D eigenvalue weighted by molar-refractivity contribution is -0.152. The van der Waals surface area contributed by atoms with E-state index in [1.54, 1.807) is 18.5 Å². The van der Waals surface area contributed by atoms with E-state index in [2.05, 4.69) is 14.9 Å². The van der Waals surface area contributed by atoms with Crippen LogP contribution in [-0.4, -0.2) is 48.3 Å². The van der Waals surface area contributed by atoms with Gasteiger partial charge in [-0.3, -0.25) is 4.79 Å². The van der Waals surface area contributed by atoms with Crippen LogP contribution in [0.4, 0.5) is 5.95 Å². The van der Waals surface area contributed by atoms with E-state index in [1.807, 2.05) is 0 Å². The number of hydrogen-bond donors (Lipinski definition) is 0. The second-order valence-electron chi connectivity index (χ2n) is 5.58. The van der Waals surface area contributed by atoms with Crippen molar-refractivity contribution in [3.8, 4) is 0 Å². The summed E-state index contributed by atoms with van der Waals surface area (Å²) in [5, 5.41) is 0. The Balaban J connectivity index is 1.43. The van der Waals surface area contributed by atoms with Crippen LogP contribution in [0, 0.1) is 5.92 Å². The zero-order valence-corrected chi connectivity index (χ0v) is 12.1. The lowest BCUT2D eigenvalue weighted by Gasteiger charge is -2.30. The number of piperidine rings is 1. The van der Waals surface area contributed by atoms with Crippen molar-refractivity contribution >= 4 is 11.9 Å². The van der Waals surface area contributed by atoms with Crippen LogP contribution in [0.15, 0.2) is 18.5 Å². The van der Waals surface area contributed by atoms with Gasteiger partial charge in [-0.15, -0.1) is 0 Å². The largest absolute Gasteiger partial charge is 0.463 e. The Kier molecular flexibility index (Phi) is 4.65. The van der Waals surface area contributed by atoms with Gasteiger partial charge < -0.3 is 14.4 Å². The Hall–Kier alpha value is -1.69. The van der Waals surface area contributed by atoms with Gasteiger partial charge in [-0.25, -0.2) is 9.97 Å². The zero-order chi connectivity index (χ0) is 14.5. The molecule has 0 aliphatic carbocycles. The van der Waals surface area contributed by atoms with Gasteiger partial charge in [0.1, 0.15) is 6.61 Å². The second-order valence-corrected chi connectivity index (χ2v) is 5.58. The molecule has 2 saturated heterocycles. The number of aromatic nitrogens is 2. The van der Waals surface area contributed by atoms with Gasteiger partial charge in [0.25, 0.3) is 0 Å². The lowest BCUT2D eigenvalue weighted by atomic mass is 9.97. The summed E-state index contributed by atoms with van der Waals surface area (Å²) in [5.74, 6) is 0.647. The fraction of sp³-hybridized carbons (Fsp3) is 0.667. The maximum absolute atomic E-state index is 12.1. The van der Waals surface area contributed by atoms with Crippen LogP contribution in [0.5, 0.6) is 0 Å². The Labute approximate surface area is 124 Å². The molecule has 1 aromatic heterocycles. The molecule has 0 radical (unpaired) electrons. The number of rotatable bonds is 4. The molecule has 21 heavy (non-hydrogen) atoms. The maximum atomic E-state index is 12.1. The van der Waals surface area contributed by atoms with Crippen LogP contribution in [-0.2, 0) is 14.3 Å². The van der Waals surface area contributed by atoms with E-state index in [0.29, 0.717) is 6.61 Å². The molecule has 2 aliphatic rings. The minimum Gasteiger partial charge on any atom is -0.463 e. The number of hydrogen-bond acceptors (Lipinski definition) is 6. The minimum atomic E-state index is -0.0841. The van der Waals surface area contributed by atoms with E-state index in [9.17, 15) is 4.79 Å². The Morgan fingerprint density at radius 2 is 2.05 bits per heavy atom. The Morgan fingerprint density at radius 1 is 1.29 bits per heavy atom. The average Bonchev–Trinajstić information content (AvgIpc) is 3.07. The summed E-state index contributed by atoms with van der Waals surface area (Å²) in [6.45, 7) is 2.78. The summed E-state index contributed by atoms with van der Waals surface area (Å²) in [5.41, 5.74) is 0. The molecule has 3 rings (SSSR count). The molecular formula is C15H21N3O3. The van der Waals surface area contributed by atoms with Crippen molar-refractivity contribution in [1.29, 1.82) is 0 Å². The van der Waals surface area contributed by atoms with Crippen molar-refractivity contribution in [3.05, 3.63) is 18.5 Å². The van der Waals surface area contributed by atoms with Gasteiger partial charge in [-0.2, -0.15) is 0 Å². The van der Waals surface area contributed by atoms with Gasteiger partial charge in [-0.05, 0) is 31.7 Å². The van der Waals surface area contributed by atoms with Gasteiger partial charge in [-0.1, -0.05) is 0 Å². The molecule has 2 fully saturated rings. The summed E-state index contributed by atoms with van der Waals surface area (Å²) in [7, 11) is 0. The third kappa shape index (κ3) is 3.69. The third-order valence-electron chi connectivity index (χ3n) is 4.10. The van der Waals surface area contributed by atoms with Crippen LogP contribution in [0.25, 0.3) is 0 Å². The molecule has 1 atom stereocenters. The molecule has 0 spiro atoms. The summed E-state index contributed by atoms with van der Waals surface area (Å²) in [4.78, 5) is 22.7. The first-order valence-electron chi connectivity index (χ1n) is 7.63. The predicted molar refractivity (Wildman–Crippen MR) is 76.9 cm³/mol. The third-order valence-corrected chi connectivity index (χ3v) is 4.10. The topological polar surface area (TPSA) is 64.6 Å². The molecule has 114 valence electrons.